The number of ether oxygens (including phenoxy) is 1. The minimum Gasteiger partial charge on any atom is -0.466 e. The molecule has 5 nitrogen and oxygen atoms in total. The van der Waals surface area contributed by atoms with Crippen LogP contribution in [0.1, 0.15) is 29.5 Å². The minimum atomic E-state index is -3.52. The van der Waals surface area contributed by atoms with Crippen LogP contribution in [0.5, 0.6) is 0 Å². The second-order valence-electron chi connectivity index (χ2n) is 5.23. The molecule has 0 aromatic carbocycles. The molecule has 1 fully saturated rings. The second-order valence-corrected chi connectivity index (χ2v) is 8.60. The van der Waals surface area contributed by atoms with E-state index in [0.717, 1.165) is 9.75 Å². The summed E-state index contributed by atoms with van der Waals surface area (Å²) in [5.41, 5.74) is 0. The SMILES string of the molecule is CCOC(=O)[C@H]1CCCN(S(=O)(=O)c2cc(C)sc2C)C1. The molecular formula is C14H21NO4S2. The summed E-state index contributed by atoms with van der Waals surface area (Å²) in [5.74, 6) is -0.649. The van der Waals surface area contributed by atoms with Gasteiger partial charge in [0.05, 0.1) is 17.4 Å². The lowest BCUT2D eigenvalue weighted by atomic mass is 10.0. The highest BCUT2D eigenvalue weighted by Gasteiger charge is 2.35. The van der Waals surface area contributed by atoms with Gasteiger partial charge in [-0.25, -0.2) is 8.42 Å². The predicted octanol–water partition coefficient (Wildman–Crippen LogP) is 2.33. The highest BCUT2D eigenvalue weighted by Crippen LogP contribution is 2.30. The fourth-order valence-corrected chi connectivity index (χ4v) is 5.66. The molecule has 1 aromatic heterocycles. The number of hydrogen-bond donors (Lipinski definition) is 0. The van der Waals surface area contributed by atoms with Crippen molar-refractivity contribution in [2.24, 2.45) is 5.92 Å². The number of carbonyl (C=O) groups is 1. The Balaban J connectivity index is 2.20. The number of rotatable bonds is 4. The molecule has 1 aliphatic heterocycles. The topological polar surface area (TPSA) is 63.7 Å². The van der Waals surface area contributed by atoms with Crippen LogP contribution in [0.3, 0.4) is 0 Å². The Morgan fingerprint density at radius 3 is 2.76 bits per heavy atom. The van der Waals surface area contributed by atoms with Crippen LogP contribution in [0.2, 0.25) is 0 Å². The molecule has 1 atom stereocenters. The van der Waals surface area contributed by atoms with Crippen molar-refractivity contribution >= 4 is 27.3 Å². The lowest BCUT2D eigenvalue weighted by molar-refractivity contribution is -0.149. The van der Waals surface area contributed by atoms with E-state index in [4.69, 9.17) is 4.74 Å². The van der Waals surface area contributed by atoms with Crippen LogP contribution in [0.25, 0.3) is 0 Å². The summed E-state index contributed by atoms with van der Waals surface area (Å²) < 4.78 is 31.9. The third-order valence-electron chi connectivity index (χ3n) is 3.62. The van der Waals surface area contributed by atoms with Gasteiger partial charge in [-0.3, -0.25) is 4.79 Å². The third-order valence-corrected chi connectivity index (χ3v) is 6.70. The molecule has 1 aliphatic rings. The first-order valence-electron chi connectivity index (χ1n) is 7.10. The van der Waals surface area contributed by atoms with Crippen molar-refractivity contribution < 1.29 is 17.9 Å². The molecule has 0 bridgehead atoms. The van der Waals surface area contributed by atoms with E-state index in [1.54, 1.807) is 13.0 Å². The van der Waals surface area contributed by atoms with Crippen molar-refractivity contribution in [1.29, 1.82) is 0 Å². The van der Waals surface area contributed by atoms with Crippen LogP contribution >= 0.6 is 11.3 Å². The number of hydrogen-bond acceptors (Lipinski definition) is 5. The fourth-order valence-electron chi connectivity index (χ4n) is 2.62. The molecule has 0 spiro atoms. The molecule has 0 amide bonds. The molecule has 2 heterocycles. The van der Waals surface area contributed by atoms with Gasteiger partial charge in [0.15, 0.2) is 0 Å². The van der Waals surface area contributed by atoms with Gasteiger partial charge in [-0.1, -0.05) is 0 Å². The Labute approximate surface area is 130 Å². The molecule has 1 saturated heterocycles. The summed E-state index contributed by atoms with van der Waals surface area (Å²) in [6.45, 7) is 6.48. The summed E-state index contributed by atoms with van der Waals surface area (Å²) in [5, 5.41) is 0. The standard InChI is InChI=1S/C14H21NO4S2/c1-4-19-14(16)12-6-5-7-15(9-12)21(17,18)13-8-10(2)20-11(13)3/h8,12H,4-7,9H2,1-3H3/t12-/m0/s1. The lowest BCUT2D eigenvalue weighted by Gasteiger charge is -2.30. The van der Waals surface area contributed by atoms with Crippen molar-refractivity contribution in [3.05, 3.63) is 15.8 Å². The molecular weight excluding hydrogens is 310 g/mol. The number of nitrogens with zero attached hydrogens (tertiary/aromatic N) is 1. The Morgan fingerprint density at radius 1 is 1.48 bits per heavy atom. The molecule has 118 valence electrons. The molecule has 21 heavy (non-hydrogen) atoms. The second kappa shape index (κ2) is 6.46. The zero-order valence-corrected chi connectivity index (χ0v) is 14.2. The fraction of sp³-hybridized carbons (Fsp3) is 0.643. The van der Waals surface area contributed by atoms with Crippen molar-refractivity contribution in [2.45, 2.75) is 38.5 Å². The van der Waals surface area contributed by atoms with Crippen molar-refractivity contribution in [2.75, 3.05) is 19.7 Å². The summed E-state index contributed by atoms with van der Waals surface area (Å²) in [4.78, 5) is 14.0. The molecule has 0 radical (unpaired) electrons. The molecule has 1 aromatic rings. The van der Waals surface area contributed by atoms with Gasteiger partial charge in [-0.2, -0.15) is 4.31 Å². The Morgan fingerprint density at radius 2 is 2.19 bits per heavy atom. The van der Waals surface area contributed by atoms with Crippen molar-refractivity contribution in [3.8, 4) is 0 Å². The third kappa shape index (κ3) is 3.46. The van der Waals surface area contributed by atoms with Crippen LogP contribution < -0.4 is 0 Å². The van der Waals surface area contributed by atoms with Gasteiger partial charge in [0.2, 0.25) is 10.0 Å². The van der Waals surface area contributed by atoms with E-state index in [9.17, 15) is 13.2 Å². The Kier molecular flexibility index (Phi) is 5.06. The predicted molar refractivity (Wildman–Crippen MR) is 81.9 cm³/mol. The maximum Gasteiger partial charge on any atom is 0.310 e. The maximum atomic E-state index is 12.7. The quantitative estimate of drug-likeness (QED) is 0.794. The minimum absolute atomic E-state index is 0.218. The summed E-state index contributed by atoms with van der Waals surface area (Å²) in [7, 11) is -3.52. The average molecular weight is 331 g/mol. The largest absolute Gasteiger partial charge is 0.466 e. The van der Waals surface area contributed by atoms with E-state index in [2.05, 4.69) is 0 Å². The van der Waals surface area contributed by atoms with E-state index >= 15 is 0 Å². The zero-order chi connectivity index (χ0) is 15.6. The van der Waals surface area contributed by atoms with Crippen LogP contribution in [0.15, 0.2) is 11.0 Å². The van der Waals surface area contributed by atoms with E-state index in [1.165, 1.54) is 15.6 Å². The van der Waals surface area contributed by atoms with Gasteiger partial charge in [-0.05, 0) is 39.7 Å². The van der Waals surface area contributed by atoms with Crippen LogP contribution in [0, 0.1) is 19.8 Å². The summed E-state index contributed by atoms with van der Waals surface area (Å²) in [6, 6.07) is 1.71. The van der Waals surface area contributed by atoms with Gasteiger partial charge in [0.25, 0.3) is 0 Å². The Hall–Kier alpha value is -0.920. The number of carbonyl (C=O) groups excluding carboxylic acids is 1. The first kappa shape index (κ1) is 16.5. The van der Waals surface area contributed by atoms with Gasteiger partial charge in [-0.15, -0.1) is 11.3 Å². The van der Waals surface area contributed by atoms with Crippen LogP contribution in [-0.2, 0) is 19.6 Å². The highest BCUT2D eigenvalue weighted by atomic mass is 32.2. The first-order valence-corrected chi connectivity index (χ1v) is 9.35. The number of piperidine rings is 1. The van der Waals surface area contributed by atoms with E-state index in [-0.39, 0.29) is 18.4 Å². The lowest BCUT2D eigenvalue weighted by Crippen LogP contribution is -2.42. The molecule has 0 saturated carbocycles. The number of esters is 1. The average Bonchev–Trinajstić information content (AvgIpc) is 2.79. The molecule has 2 rings (SSSR count). The van der Waals surface area contributed by atoms with E-state index < -0.39 is 10.0 Å². The van der Waals surface area contributed by atoms with Crippen molar-refractivity contribution in [3.63, 3.8) is 0 Å². The summed E-state index contributed by atoms with van der Waals surface area (Å²) in [6.07, 6.45) is 1.37. The van der Waals surface area contributed by atoms with E-state index in [1.807, 2.05) is 13.8 Å². The molecule has 0 aliphatic carbocycles. The first-order chi connectivity index (χ1) is 9.86. The number of thiophene rings is 1. The maximum absolute atomic E-state index is 12.7. The van der Waals surface area contributed by atoms with Crippen LogP contribution in [-0.4, -0.2) is 38.4 Å². The van der Waals surface area contributed by atoms with E-state index in [0.29, 0.717) is 30.9 Å². The van der Waals surface area contributed by atoms with Gasteiger partial charge < -0.3 is 4.74 Å². The molecule has 0 N–H and O–H groups in total. The van der Waals surface area contributed by atoms with Crippen molar-refractivity contribution in [1.82, 2.24) is 4.31 Å². The number of sulfonamides is 1. The normalized spacial score (nSPS) is 20.4. The van der Waals surface area contributed by atoms with Gasteiger partial charge >= 0.3 is 5.97 Å². The Bertz CT molecular complexity index is 621. The molecule has 7 heteroatoms. The highest BCUT2D eigenvalue weighted by molar-refractivity contribution is 7.89. The van der Waals surface area contributed by atoms with Gasteiger partial charge in [0.1, 0.15) is 0 Å². The number of aryl methyl sites for hydroxylation is 2. The monoisotopic (exact) mass is 331 g/mol. The van der Waals surface area contributed by atoms with Crippen LogP contribution in [0.4, 0.5) is 0 Å². The summed E-state index contributed by atoms with van der Waals surface area (Å²) >= 11 is 1.48. The zero-order valence-electron chi connectivity index (χ0n) is 12.6. The molecule has 0 unspecified atom stereocenters. The smallest absolute Gasteiger partial charge is 0.310 e. The van der Waals surface area contributed by atoms with Gasteiger partial charge in [0, 0.05) is 22.8 Å².